The standard InChI is InChI=1S/C7H5BrF3NO/c8-2-4-1-6(13-7(10)11)5(9)3-12-4/h1,3,7H,2H2. The smallest absolute Gasteiger partial charge is 0.387 e. The zero-order valence-corrected chi connectivity index (χ0v) is 7.89. The van der Waals surface area contributed by atoms with Crippen molar-refractivity contribution in [2.24, 2.45) is 0 Å². The van der Waals surface area contributed by atoms with E-state index in [0.717, 1.165) is 12.3 Å². The van der Waals surface area contributed by atoms with E-state index >= 15 is 0 Å². The van der Waals surface area contributed by atoms with Gasteiger partial charge in [-0.1, -0.05) is 15.9 Å². The monoisotopic (exact) mass is 255 g/mol. The molecule has 1 rings (SSSR count). The van der Waals surface area contributed by atoms with Gasteiger partial charge in [-0.2, -0.15) is 8.78 Å². The van der Waals surface area contributed by atoms with Crippen molar-refractivity contribution in [2.75, 3.05) is 0 Å². The fourth-order valence-corrected chi connectivity index (χ4v) is 1.03. The zero-order chi connectivity index (χ0) is 9.84. The highest BCUT2D eigenvalue weighted by atomic mass is 79.9. The summed E-state index contributed by atoms with van der Waals surface area (Å²) in [6, 6.07) is 1.12. The molecule has 0 aliphatic carbocycles. The highest BCUT2D eigenvalue weighted by molar-refractivity contribution is 9.08. The molecule has 0 saturated heterocycles. The van der Waals surface area contributed by atoms with Crippen molar-refractivity contribution in [3.05, 3.63) is 23.8 Å². The first-order valence-corrected chi connectivity index (χ1v) is 4.41. The van der Waals surface area contributed by atoms with Crippen molar-refractivity contribution in [1.29, 1.82) is 0 Å². The van der Waals surface area contributed by atoms with Crippen LogP contribution in [0.25, 0.3) is 0 Å². The molecule has 0 bridgehead atoms. The van der Waals surface area contributed by atoms with Gasteiger partial charge in [0.05, 0.1) is 11.9 Å². The molecule has 0 aromatic carbocycles. The maximum absolute atomic E-state index is 12.7. The Morgan fingerprint density at radius 2 is 2.23 bits per heavy atom. The highest BCUT2D eigenvalue weighted by Gasteiger charge is 2.10. The van der Waals surface area contributed by atoms with Crippen LogP contribution in [0.2, 0.25) is 0 Å². The largest absolute Gasteiger partial charge is 0.432 e. The molecule has 72 valence electrons. The molecule has 0 aliphatic heterocycles. The normalized spacial score (nSPS) is 10.5. The van der Waals surface area contributed by atoms with Gasteiger partial charge in [-0.15, -0.1) is 0 Å². The molecule has 1 aromatic heterocycles. The van der Waals surface area contributed by atoms with Crippen LogP contribution in [0, 0.1) is 5.82 Å². The van der Waals surface area contributed by atoms with E-state index in [1.165, 1.54) is 0 Å². The van der Waals surface area contributed by atoms with Gasteiger partial charge < -0.3 is 4.74 Å². The maximum Gasteiger partial charge on any atom is 0.387 e. The molecule has 0 aliphatic rings. The van der Waals surface area contributed by atoms with Crippen molar-refractivity contribution < 1.29 is 17.9 Å². The van der Waals surface area contributed by atoms with Crippen molar-refractivity contribution >= 4 is 15.9 Å². The van der Waals surface area contributed by atoms with Crippen molar-refractivity contribution in [3.8, 4) is 5.75 Å². The lowest BCUT2D eigenvalue weighted by molar-refractivity contribution is -0.0522. The topological polar surface area (TPSA) is 22.1 Å². The van der Waals surface area contributed by atoms with E-state index in [1.807, 2.05) is 0 Å². The first-order chi connectivity index (χ1) is 6.13. The van der Waals surface area contributed by atoms with Crippen LogP contribution in [0.15, 0.2) is 12.3 Å². The Morgan fingerprint density at radius 1 is 1.54 bits per heavy atom. The van der Waals surface area contributed by atoms with Crippen LogP contribution in [-0.4, -0.2) is 11.6 Å². The summed E-state index contributed by atoms with van der Waals surface area (Å²) in [7, 11) is 0. The lowest BCUT2D eigenvalue weighted by Gasteiger charge is -2.05. The molecule has 0 amide bonds. The van der Waals surface area contributed by atoms with Gasteiger partial charge in [0, 0.05) is 11.4 Å². The first-order valence-electron chi connectivity index (χ1n) is 3.28. The van der Waals surface area contributed by atoms with Crippen LogP contribution in [0.1, 0.15) is 5.69 Å². The van der Waals surface area contributed by atoms with Crippen LogP contribution in [0.3, 0.4) is 0 Å². The number of ether oxygens (including phenoxy) is 1. The van der Waals surface area contributed by atoms with E-state index in [1.54, 1.807) is 0 Å². The highest BCUT2D eigenvalue weighted by Crippen LogP contribution is 2.20. The minimum absolute atomic E-state index is 0.354. The number of nitrogens with zero attached hydrogens (tertiary/aromatic N) is 1. The number of halogens is 4. The Balaban J connectivity index is 2.90. The molecule has 13 heavy (non-hydrogen) atoms. The summed E-state index contributed by atoms with van der Waals surface area (Å²) in [4.78, 5) is 3.62. The number of alkyl halides is 3. The third-order valence-electron chi connectivity index (χ3n) is 1.23. The minimum Gasteiger partial charge on any atom is -0.432 e. The third-order valence-corrected chi connectivity index (χ3v) is 1.80. The third kappa shape index (κ3) is 2.87. The first kappa shape index (κ1) is 10.3. The summed E-state index contributed by atoms with van der Waals surface area (Å²) in [5.41, 5.74) is 0.428. The van der Waals surface area contributed by atoms with Gasteiger partial charge in [-0.3, -0.25) is 4.98 Å². The molecule has 0 atom stereocenters. The van der Waals surface area contributed by atoms with Gasteiger partial charge in [0.1, 0.15) is 0 Å². The fourth-order valence-electron chi connectivity index (χ4n) is 0.720. The summed E-state index contributed by atoms with van der Waals surface area (Å²) >= 11 is 3.05. The average molecular weight is 256 g/mol. The molecule has 0 saturated carbocycles. The molecule has 1 aromatic rings. The molecule has 0 N–H and O–H groups in total. The number of hydrogen-bond donors (Lipinski definition) is 0. The predicted octanol–water partition coefficient (Wildman–Crippen LogP) is 2.72. The van der Waals surface area contributed by atoms with Gasteiger partial charge >= 0.3 is 6.61 Å². The van der Waals surface area contributed by atoms with Gasteiger partial charge in [0.2, 0.25) is 0 Å². The SMILES string of the molecule is Fc1cnc(CBr)cc1OC(F)F. The molecular weight excluding hydrogens is 251 g/mol. The van der Waals surface area contributed by atoms with Gasteiger partial charge in [-0.25, -0.2) is 4.39 Å². The number of pyridine rings is 1. The molecule has 6 heteroatoms. The second-order valence-corrected chi connectivity index (χ2v) is 2.68. The molecule has 0 radical (unpaired) electrons. The van der Waals surface area contributed by atoms with Crippen LogP contribution in [-0.2, 0) is 5.33 Å². The van der Waals surface area contributed by atoms with E-state index in [9.17, 15) is 13.2 Å². The summed E-state index contributed by atoms with van der Waals surface area (Å²) in [5.74, 6) is -1.38. The zero-order valence-electron chi connectivity index (χ0n) is 6.31. The van der Waals surface area contributed by atoms with Crippen LogP contribution in [0.5, 0.6) is 5.75 Å². The fraction of sp³-hybridized carbons (Fsp3) is 0.286. The predicted molar refractivity (Wildman–Crippen MR) is 43.5 cm³/mol. The van der Waals surface area contributed by atoms with E-state index < -0.39 is 18.2 Å². The summed E-state index contributed by atoms with van der Waals surface area (Å²) in [5, 5.41) is 0.354. The molecule has 0 unspecified atom stereocenters. The van der Waals surface area contributed by atoms with Gasteiger partial charge in [0.25, 0.3) is 0 Å². The molecular formula is C7H5BrF3NO. The lowest BCUT2D eigenvalue weighted by Crippen LogP contribution is -2.04. The van der Waals surface area contributed by atoms with Crippen LogP contribution < -0.4 is 4.74 Å². The minimum atomic E-state index is -3.03. The Labute approximate surface area is 80.9 Å². The van der Waals surface area contributed by atoms with Crippen molar-refractivity contribution in [2.45, 2.75) is 11.9 Å². The summed E-state index contributed by atoms with van der Waals surface area (Å²) in [6.45, 7) is -3.03. The summed E-state index contributed by atoms with van der Waals surface area (Å²) < 4.78 is 40.1. The van der Waals surface area contributed by atoms with Gasteiger partial charge in [0.15, 0.2) is 11.6 Å². The Hall–Kier alpha value is -0.780. The molecule has 0 fully saturated rings. The van der Waals surface area contributed by atoms with Gasteiger partial charge in [-0.05, 0) is 0 Å². The molecule has 2 nitrogen and oxygen atoms in total. The second kappa shape index (κ2) is 4.45. The average Bonchev–Trinajstić information content (AvgIpc) is 2.08. The Morgan fingerprint density at radius 3 is 2.77 bits per heavy atom. The number of rotatable bonds is 3. The van der Waals surface area contributed by atoms with E-state index in [4.69, 9.17) is 0 Å². The maximum atomic E-state index is 12.7. The lowest BCUT2D eigenvalue weighted by atomic mass is 10.3. The van der Waals surface area contributed by atoms with E-state index in [0.29, 0.717) is 11.0 Å². The summed E-state index contributed by atoms with van der Waals surface area (Å²) in [6.07, 6.45) is 0.842. The van der Waals surface area contributed by atoms with Crippen molar-refractivity contribution in [1.82, 2.24) is 4.98 Å². The molecule has 0 spiro atoms. The quantitative estimate of drug-likeness (QED) is 0.775. The van der Waals surface area contributed by atoms with E-state index in [-0.39, 0.29) is 0 Å². The van der Waals surface area contributed by atoms with Crippen molar-refractivity contribution in [3.63, 3.8) is 0 Å². The second-order valence-electron chi connectivity index (χ2n) is 2.12. The van der Waals surface area contributed by atoms with E-state index in [2.05, 4.69) is 25.7 Å². The number of hydrogen-bond acceptors (Lipinski definition) is 2. The Bertz CT molecular complexity index is 295. The van der Waals surface area contributed by atoms with Crippen LogP contribution >= 0.6 is 15.9 Å². The number of aromatic nitrogens is 1. The van der Waals surface area contributed by atoms with Crippen LogP contribution in [0.4, 0.5) is 13.2 Å². The Kier molecular flexibility index (Phi) is 3.53. The molecule has 1 heterocycles.